The zero-order valence-corrected chi connectivity index (χ0v) is 9.72. The molecule has 0 aliphatic carbocycles. The van der Waals surface area contributed by atoms with Gasteiger partial charge in [0.2, 0.25) is 0 Å². The lowest BCUT2D eigenvalue weighted by molar-refractivity contribution is 0.144. The van der Waals surface area contributed by atoms with Crippen molar-refractivity contribution in [2.24, 2.45) is 0 Å². The molecule has 0 aliphatic heterocycles. The van der Waals surface area contributed by atoms with Crippen molar-refractivity contribution >= 4 is 10.9 Å². The van der Waals surface area contributed by atoms with Crippen LogP contribution in [0.5, 0.6) is 0 Å². The maximum Gasteiger partial charge on any atom is 0.0705 e. The fourth-order valence-corrected chi connectivity index (χ4v) is 1.89. The highest BCUT2D eigenvalue weighted by atomic mass is 16.3. The predicted octanol–water partition coefficient (Wildman–Crippen LogP) is 3.11. The summed E-state index contributed by atoms with van der Waals surface area (Å²) in [6, 6.07) is 12.1. The van der Waals surface area contributed by atoms with Crippen LogP contribution >= 0.6 is 0 Å². The number of para-hydroxylation sites is 1. The van der Waals surface area contributed by atoms with Gasteiger partial charge in [-0.15, -0.1) is 0 Å². The number of nitrogens with zero attached hydrogens (tertiary/aromatic N) is 1. The van der Waals surface area contributed by atoms with E-state index in [1.54, 1.807) is 0 Å². The van der Waals surface area contributed by atoms with Crippen LogP contribution in [-0.4, -0.2) is 16.2 Å². The van der Waals surface area contributed by atoms with Crippen LogP contribution in [0.3, 0.4) is 0 Å². The summed E-state index contributed by atoms with van der Waals surface area (Å²) in [4.78, 5) is 4.58. The van der Waals surface area contributed by atoms with Crippen LogP contribution in [0.15, 0.2) is 36.4 Å². The second-order valence-corrected chi connectivity index (χ2v) is 4.19. The average molecular weight is 215 g/mol. The Labute approximate surface area is 96.0 Å². The maximum absolute atomic E-state index is 9.81. The highest BCUT2D eigenvalue weighted by molar-refractivity contribution is 5.78. The van der Waals surface area contributed by atoms with Crippen LogP contribution in [0.1, 0.15) is 31.9 Å². The van der Waals surface area contributed by atoms with Crippen LogP contribution in [0.2, 0.25) is 0 Å². The average Bonchev–Trinajstić information content (AvgIpc) is 2.36. The zero-order chi connectivity index (χ0) is 11.5. The van der Waals surface area contributed by atoms with E-state index >= 15 is 0 Å². The molecule has 1 aromatic carbocycles. The van der Waals surface area contributed by atoms with Crippen molar-refractivity contribution in [2.45, 2.75) is 32.3 Å². The van der Waals surface area contributed by atoms with Gasteiger partial charge >= 0.3 is 0 Å². The summed E-state index contributed by atoms with van der Waals surface area (Å²) in [7, 11) is 0. The van der Waals surface area contributed by atoms with E-state index < -0.39 is 0 Å². The van der Waals surface area contributed by atoms with Crippen LogP contribution in [-0.2, 0) is 0 Å². The Bertz CT molecular complexity index is 481. The Hall–Kier alpha value is -1.41. The van der Waals surface area contributed by atoms with Crippen molar-refractivity contribution in [3.05, 3.63) is 42.1 Å². The molecule has 1 N–H and O–H groups in total. The lowest BCUT2D eigenvalue weighted by Gasteiger charge is -2.16. The molecule has 1 heterocycles. The fraction of sp³-hybridized carbons (Fsp3) is 0.357. The molecule has 0 fully saturated rings. The maximum atomic E-state index is 9.81. The Balaban J connectivity index is 2.39. The van der Waals surface area contributed by atoms with Crippen molar-refractivity contribution in [3.63, 3.8) is 0 Å². The lowest BCUT2D eigenvalue weighted by atomic mass is 9.98. The van der Waals surface area contributed by atoms with E-state index in [-0.39, 0.29) is 12.0 Å². The molecular formula is C14H17NO. The van der Waals surface area contributed by atoms with Crippen LogP contribution < -0.4 is 0 Å². The molecule has 0 amide bonds. The molecule has 2 rings (SSSR count). The number of rotatable bonds is 3. The summed E-state index contributed by atoms with van der Waals surface area (Å²) in [5.41, 5.74) is 1.96. The van der Waals surface area contributed by atoms with Crippen molar-refractivity contribution in [3.8, 4) is 0 Å². The molecule has 2 nitrogen and oxygen atoms in total. The van der Waals surface area contributed by atoms with Gasteiger partial charge in [-0.3, -0.25) is 4.98 Å². The smallest absolute Gasteiger partial charge is 0.0705 e. The highest BCUT2D eigenvalue weighted by Crippen LogP contribution is 2.21. The van der Waals surface area contributed by atoms with E-state index in [1.807, 2.05) is 44.2 Å². The molecule has 0 saturated heterocycles. The molecule has 0 saturated carbocycles. The number of hydrogen-bond donors (Lipinski definition) is 1. The van der Waals surface area contributed by atoms with E-state index in [4.69, 9.17) is 0 Å². The first-order valence-corrected chi connectivity index (χ1v) is 5.76. The number of aliphatic hydroxyl groups is 1. The third-order valence-electron chi connectivity index (χ3n) is 3.08. The Kier molecular flexibility index (Phi) is 3.20. The van der Waals surface area contributed by atoms with E-state index in [1.165, 1.54) is 0 Å². The van der Waals surface area contributed by atoms with Gasteiger partial charge in [0.05, 0.1) is 11.6 Å². The summed E-state index contributed by atoms with van der Waals surface area (Å²) >= 11 is 0. The van der Waals surface area contributed by atoms with Crippen molar-refractivity contribution in [1.29, 1.82) is 0 Å². The van der Waals surface area contributed by atoms with Crippen LogP contribution in [0, 0.1) is 0 Å². The minimum atomic E-state index is -0.311. The van der Waals surface area contributed by atoms with Gasteiger partial charge in [-0.1, -0.05) is 38.1 Å². The normalized spacial score (nSPS) is 14.9. The van der Waals surface area contributed by atoms with Crippen LogP contribution in [0.4, 0.5) is 0 Å². The quantitative estimate of drug-likeness (QED) is 0.853. The molecule has 16 heavy (non-hydrogen) atoms. The predicted molar refractivity (Wildman–Crippen MR) is 66.5 cm³/mol. The number of benzene rings is 1. The third-order valence-corrected chi connectivity index (χ3v) is 3.08. The Morgan fingerprint density at radius 1 is 1.19 bits per heavy atom. The van der Waals surface area contributed by atoms with Gasteiger partial charge in [0, 0.05) is 17.0 Å². The van der Waals surface area contributed by atoms with Gasteiger partial charge in [-0.25, -0.2) is 0 Å². The number of pyridine rings is 1. The van der Waals surface area contributed by atoms with Crippen molar-refractivity contribution in [2.75, 3.05) is 0 Å². The monoisotopic (exact) mass is 215 g/mol. The first kappa shape index (κ1) is 11.1. The van der Waals surface area contributed by atoms with Gasteiger partial charge < -0.3 is 5.11 Å². The second kappa shape index (κ2) is 4.62. The third kappa shape index (κ3) is 2.07. The van der Waals surface area contributed by atoms with Gasteiger partial charge in [0.15, 0.2) is 0 Å². The number of fused-ring (bicyclic) bond motifs is 1. The summed E-state index contributed by atoms with van der Waals surface area (Å²) in [5, 5.41) is 11.0. The van der Waals surface area contributed by atoms with Crippen molar-refractivity contribution < 1.29 is 5.11 Å². The summed E-state index contributed by atoms with van der Waals surface area (Å²) < 4.78 is 0. The summed E-state index contributed by atoms with van der Waals surface area (Å²) in [6.45, 7) is 4.01. The zero-order valence-electron chi connectivity index (χ0n) is 9.72. The van der Waals surface area contributed by atoms with E-state index in [9.17, 15) is 5.11 Å². The molecule has 0 bridgehead atoms. The number of aromatic nitrogens is 1. The van der Waals surface area contributed by atoms with Gasteiger partial charge in [-0.2, -0.15) is 0 Å². The molecule has 2 heteroatoms. The standard InChI is InChI=1S/C14H17NO/c1-3-14(16)10(2)12-9-8-11-6-4-5-7-13(11)15-12/h4-10,14,16H,3H2,1-2H3. The fourth-order valence-electron chi connectivity index (χ4n) is 1.89. The Morgan fingerprint density at radius 2 is 1.94 bits per heavy atom. The van der Waals surface area contributed by atoms with E-state index in [0.29, 0.717) is 0 Å². The topological polar surface area (TPSA) is 33.1 Å². The van der Waals surface area contributed by atoms with E-state index in [2.05, 4.69) is 11.1 Å². The first-order valence-electron chi connectivity index (χ1n) is 5.76. The Morgan fingerprint density at radius 3 is 2.69 bits per heavy atom. The molecule has 2 aromatic rings. The summed E-state index contributed by atoms with van der Waals surface area (Å²) in [5.74, 6) is 0.0922. The molecule has 1 aromatic heterocycles. The minimum absolute atomic E-state index is 0.0922. The van der Waals surface area contributed by atoms with Gasteiger partial charge in [0.1, 0.15) is 0 Å². The number of hydrogen-bond acceptors (Lipinski definition) is 2. The first-order chi connectivity index (χ1) is 7.72. The van der Waals surface area contributed by atoms with Crippen LogP contribution in [0.25, 0.3) is 10.9 Å². The van der Waals surface area contributed by atoms with E-state index in [0.717, 1.165) is 23.0 Å². The van der Waals surface area contributed by atoms with Crippen molar-refractivity contribution in [1.82, 2.24) is 4.98 Å². The van der Waals surface area contributed by atoms with Gasteiger partial charge in [0.25, 0.3) is 0 Å². The lowest BCUT2D eigenvalue weighted by Crippen LogP contribution is -2.15. The molecule has 0 aliphatic rings. The molecule has 2 unspecified atom stereocenters. The highest BCUT2D eigenvalue weighted by Gasteiger charge is 2.15. The molecule has 2 atom stereocenters. The SMILES string of the molecule is CCC(O)C(C)c1ccc2ccccc2n1. The summed E-state index contributed by atoms with van der Waals surface area (Å²) in [6.07, 6.45) is 0.448. The molecular weight excluding hydrogens is 198 g/mol. The van der Waals surface area contributed by atoms with Gasteiger partial charge in [-0.05, 0) is 18.6 Å². The molecule has 0 spiro atoms. The minimum Gasteiger partial charge on any atom is -0.392 e. The largest absolute Gasteiger partial charge is 0.392 e. The molecule has 0 radical (unpaired) electrons. The second-order valence-electron chi connectivity index (χ2n) is 4.19. The molecule has 84 valence electrons. The number of aliphatic hydroxyl groups excluding tert-OH is 1.